The molecule has 1 N–H and O–H groups in total. The molecule has 0 rings (SSSR count). The van der Waals surface area contributed by atoms with Gasteiger partial charge in [0.1, 0.15) is 6.42 Å². The van der Waals surface area contributed by atoms with Gasteiger partial charge in [-0.2, -0.15) is 22.0 Å². The first-order chi connectivity index (χ1) is 5.62. The van der Waals surface area contributed by atoms with E-state index >= 15 is 0 Å². The molecular weight excluding hydrogens is 199 g/mol. The quantitative estimate of drug-likeness (QED) is 0.715. The zero-order chi connectivity index (χ0) is 10.7. The van der Waals surface area contributed by atoms with E-state index in [4.69, 9.17) is 5.11 Å². The van der Waals surface area contributed by atoms with Gasteiger partial charge in [-0.05, 0) is 6.92 Å². The van der Waals surface area contributed by atoms with Gasteiger partial charge in [0.25, 0.3) is 0 Å². The monoisotopic (exact) mass is 208 g/mol. The maximum absolute atomic E-state index is 12.2. The number of aliphatic hydroxyl groups is 1. The Morgan fingerprint density at radius 1 is 1.23 bits per heavy atom. The summed E-state index contributed by atoms with van der Waals surface area (Å²) in [6.45, 7) is 0.298. The molecule has 0 radical (unpaired) electrons. The summed E-state index contributed by atoms with van der Waals surface area (Å²) in [7, 11) is 0. The van der Waals surface area contributed by atoms with Crippen molar-refractivity contribution < 1.29 is 31.8 Å². The van der Waals surface area contributed by atoms with Gasteiger partial charge in [-0.25, -0.2) is 0 Å². The summed E-state index contributed by atoms with van der Waals surface area (Å²) in [4.78, 5) is 0. The molecule has 0 heterocycles. The molecule has 13 heavy (non-hydrogen) atoms. The molecule has 2 nitrogen and oxygen atoms in total. The molecule has 0 aliphatic rings. The molecule has 80 valence electrons. The van der Waals surface area contributed by atoms with Crippen LogP contribution in [0.15, 0.2) is 0 Å². The van der Waals surface area contributed by atoms with Gasteiger partial charge in [0.05, 0.1) is 12.7 Å². The lowest BCUT2D eigenvalue weighted by molar-refractivity contribution is -0.297. The van der Waals surface area contributed by atoms with E-state index in [0.717, 1.165) is 6.92 Å². The normalized spacial score (nSPS) is 15.9. The maximum Gasteiger partial charge on any atom is 0.397 e. The van der Waals surface area contributed by atoms with Crippen molar-refractivity contribution >= 4 is 0 Å². The molecule has 0 aromatic heterocycles. The second kappa shape index (κ2) is 4.19. The predicted octanol–water partition coefficient (Wildman–Crippen LogP) is 1.93. The molecule has 0 amide bonds. The van der Waals surface area contributed by atoms with Crippen LogP contribution in [0, 0.1) is 0 Å². The van der Waals surface area contributed by atoms with Crippen molar-refractivity contribution in [3.05, 3.63) is 0 Å². The van der Waals surface area contributed by atoms with Crippen LogP contribution in [0.4, 0.5) is 22.0 Å². The molecule has 0 aliphatic heterocycles. The van der Waals surface area contributed by atoms with Gasteiger partial charge in [0, 0.05) is 0 Å². The first-order valence-electron chi connectivity index (χ1n) is 3.39. The summed E-state index contributed by atoms with van der Waals surface area (Å²) in [5, 5.41) is 8.47. The van der Waals surface area contributed by atoms with E-state index in [1.165, 1.54) is 0 Å². The topological polar surface area (TPSA) is 29.5 Å². The zero-order valence-electron chi connectivity index (χ0n) is 6.74. The number of aliphatic hydroxyl groups excluding tert-OH is 1. The molecule has 1 unspecified atom stereocenters. The molecule has 0 aromatic rings. The van der Waals surface area contributed by atoms with E-state index < -0.39 is 31.4 Å². The van der Waals surface area contributed by atoms with Crippen LogP contribution in [0.1, 0.15) is 13.3 Å². The standard InChI is InChI=1S/C6H9F5O2/c1-4(12)2-13-6(10,11)3-5(7,8)9/h4,12H,2-3H2,1H3. The number of rotatable bonds is 4. The Morgan fingerprint density at radius 3 is 2.00 bits per heavy atom. The van der Waals surface area contributed by atoms with Crippen molar-refractivity contribution in [1.29, 1.82) is 0 Å². The third kappa shape index (κ3) is 7.92. The van der Waals surface area contributed by atoms with Crippen LogP contribution in [0.5, 0.6) is 0 Å². The van der Waals surface area contributed by atoms with Crippen LogP contribution in [-0.4, -0.2) is 30.1 Å². The summed E-state index contributed by atoms with van der Waals surface area (Å²) in [5.74, 6) is 0. The van der Waals surface area contributed by atoms with Gasteiger partial charge in [-0.3, -0.25) is 0 Å². The first kappa shape index (κ1) is 12.6. The summed E-state index contributed by atoms with van der Waals surface area (Å²) in [6, 6.07) is 0. The Bertz CT molecular complexity index is 154. The van der Waals surface area contributed by atoms with Crippen LogP contribution in [0.2, 0.25) is 0 Å². The summed E-state index contributed by atoms with van der Waals surface area (Å²) in [5.41, 5.74) is 0. The van der Waals surface area contributed by atoms with Crippen LogP contribution in [0.3, 0.4) is 0 Å². The molecule has 0 aromatic carbocycles. The number of hydrogen-bond acceptors (Lipinski definition) is 2. The molecule has 0 saturated carbocycles. The lowest BCUT2D eigenvalue weighted by Crippen LogP contribution is -2.31. The highest BCUT2D eigenvalue weighted by Crippen LogP contribution is 2.32. The zero-order valence-corrected chi connectivity index (χ0v) is 6.74. The average Bonchev–Trinajstić information content (AvgIpc) is 1.78. The number of hydrogen-bond donors (Lipinski definition) is 1. The highest BCUT2D eigenvalue weighted by atomic mass is 19.4. The Kier molecular flexibility index (Phi) is 4.05. The molecule has 0 saturated heterocycles. The minimum atomic E-state index is -4.98. The Labute approximate surface area is 71.3 Å². The van der Waals surface area contributed by atoms with Crippen molar-refractivity contribution in [1.82, 2.24) is 0 Å². The Hall–Kier alpha value is -0.430. The van der Waals surface area contributed by atoms with Crippen LogP contribution in [-0.2, 0) is 4.74 Å². The number of alkyl halides is 5. The lowest BCUT2D eigenvalue weighted by Gasteiger charge is -2.18. The third-order valence-electron chi connectivity index (χ3n) is 0.942. The van der Waals surface area contributed by atoms with Gasteiger partial charge in [-0.15, -0.1) is 0 Å². The van der Waals surface area contributed by atoms with Crippen LogP contribution in [0.25, 0.3) is 0 Å². The van der Waals surface area contributed by atoms with Gasteiger partial charge in [0.15, 0.2) is 0 Å². The fourth-order valence-electron chi connectivity index (χ4n) is 0.527. The van der Waals surface area contributed by atoms with Crippen LogP contribution >= 0.6 is 0 Å². The van der Waals surface area contributed by atoms with Crippen molar-refractivity contribution in [2.24, 2.45) is 0 Å². The van der Waals surface area contributed by atoms with Crippen molar-refractivity contribution in [3.8, 4) is 0 Å². The second-order valence-corrected chi connectivity index (χ2v) is 2.59. The van der Waals surface area contributed by atoms with E-state index in [2.05, 4.69) is 4.74 Å². The predicted molar refractivity (Wildman–Crippen MR) is 33.3 cm³/mol. The lowest BCUT2D eigenvalue weighted by atomic mass is 10.4. The van der Waals surface area contributed by atoms with E-state index in [1.54, 1.807) is 0 Å². The van der Waals surface area contributed by atoms with E-state index in [9.17, 15) is 22.0 Å². The average molecular weight is 208 g/mol. The first-order valence-corrected chi connectivity index (χ1v) is 3.39. The van der Waals surface area contributed by atoms with Crippen molar-refractivity contribution in [2.75, 3.05) is 6.61 Å². The molecule has 0 fully saturated rings. The van der Waals surface area contributed by atoms with E-state index in [0.29, 0.717) is 0 Å². The summed E-state index contributed by atoms with van der Waals surface area (Å²) >= 11 is 0. The molecule has 0 bridgehead atoms. The molecule has 7 heteroatoms. The largest absolute Gasteiger partial charge is 0.397 e. The van der Waals surface area contributed by atoms with Crippen LogP contribution < -0.4 is 0 Å². The number of halogens is 5. The maximum atomic E-state index is 12.2. The Morgan fingerprint density at radius 2 is 1.69 bits per heavy atom. The van der Waals surface area contributed by atoms with E-state index in [-0.39, 0.29) is 0 Å². The molecular formula is C6H9F5O2. The summed E-state index contributed by atoms with van der Waals surface area (Å²) in [6.07, 6.45) is -12.8. The fraction of sp³-hybridized carbons (Fsp3) is 1.00. The minimum Gasteiger partial charge on any atom is -0.391 e. The molecule has 1 atom stereocenters. The number of ether oxygens (including phenoxy) is 1. The third-order valence-corrected chi connectivity index (χ3v) is 0.942. The highest BCUT2D eigenvalue weighted by molar-refractivity contribution is 4.61. The van der Waals surface area contributed by atoms with Gasteiger partial charge >= 0.3 is 12.3 Å². The van der Waals surface area contributed by atoms with Crippen molar-refractivity contribution in [2.45, 2.75) is 31.7 Å². The molecule has 0 aliphatic carbocycles. The minimum absolute atomic E-state index is 0.830. The van der Waals surface area contributed by atoms with Gasteiger partial charge in [0.2, 0.25) is 0 Å². The van der Waals surface area contributed by atoms with E-state index in [1.807, 2.05) is 0 Å². The summed E-state index contributed by atoms with van der Waals surface area (Å²) < 4.78 is 62.4. The van der Waals surface area contributed by atoms with Gasteiger partial charge < -0.3 is 9.84 Å². The smallest absolute Gasteiger partial charge is 0.391 e. The molecule has 0 spiro atoms. The van der Waals surface area contributed by atoms with Gasteiger partial charge in [-0.1, -0.05) is 0 Å². The fourth-order valence-corrected chi connectivity index (χ4v) is 0.527. The highest BCUT2D eigenvalue weighted by Gasteiger charge is 2.44. The van der Waals surface area contributed by atoms with Crippen molar-refractivity contribution in [3.63, 3.8) is 0 Å². The SMILES string of the molecule is CC(O)COC(F)(F)CC(F)(F)F. The Balaban J connectivity index is 3.94. The second-order valence-electron chi connectivity index (χ2n) is 2.59.